The number of carbonyl (C=O) groups excluding carboxylic acids is 2. The Morgan fingerprint density at radius 3 is 2.33 bits per heavy atom. The molecule has 0 aliphatic heterocycles. The van der Waals surface area contributed by atoms with Gasteiger partial charge in [0.1, 0.15) is 0 Å². The van der Waals surface area contributed by atoms with Crippen molar-refractivity contribution in [3.8, 4) is 0 Å². The van der Waals surface area contributed by atoms with Crippen LogP contribution in [-0.2, 0) is 20.7 Å². The van der Waals surface area contributed by atoms with E-state index in [4.69, 9.17) is 9.84 Å². The van der Waals surface area contributed by atoms with E-state index in [0.717, 1.165) is 15.4 Å². The summed E-state index contributed by atoms with van der Waals surface area (Å²) in [6, 6.07) is 19.5. The van der Waals surface area contributed by atoms with Gasteiger partial charge in [-0.15, -0.1) is 0 Å². The van der Waals surface area contributed by atoms with Gasteiger partial charge in [0.15, 0.2) is 11.6 Å². The van der Waals surface area contributed by atoms with Gasteiger partial charge in [0.05, 0.1) is 32.2 Å². The Hall–Kier alpha value is -2.21. The van der Waals surface area contributed by atoms with E-state index in [1.165, 1.54) is 11.8 Å². The lowest BCUT2D eigenvalue weighted by Crippen LogP contribution is -2.31. The molecule has 0 radical (unpaired) electrons. The summed E-state index contributed by atoms with van der Waals surface area (Å²) in [5, 5.41) is 8.97. The van der Waals surface area contributed by atoms with Crippen molar-refractivity contribution < 1.29 is 19.4 Å². The van der Waals surface area contributed by atoms with E-state index in [1.807, 2.05) is 60.7 Å². The maximum atomic E-state index is 12.7. The summed E-state index contributed by atoms with van der Waals surface area (Å²) in [5.41, 5.74) is 1.73. The Balaban J connectivity index is 1.97. The van der Waals surface area contributed by atoms with E-state index in [2.05, 4.69) is 0 Å². The highest BCUT2D eigenvalue weighted by Crippen LogP contribution is 2.40. The van der Waals surface area contributed by atoms with Crippen molar-refractivity contribution in [3.63, 3.8) is 0 Å². The first kappa shape index (κ1) is 19.5. The minimum atomic E-state index is -0.474. The van der Waals surface area contributed by atoms with Gasteiger partial charge in [-0.05, 0) is 17.7 Å². The first-order chi connectivity index (χ1) is 13.2. The van der Waals surface area contributed by atoms with Gasteiger partial charge in [0, 0.05) is 21.8 Å². The van der Waals surface area contributed by atoms with Crippen molar-refractivity contribution in [1.82, 2.24) is 0 Å². The summed E-state index contributed by atoms with van der Waals surface area (Å²) >= 11 is 1.46. The number of aliphatic hydroxyl groups excluding tert-OH is 1. The third kappa shape index (κ3) is 5.16. The molecular formula is C22H22O4S. The van der Waals surface area contributed by atoms with Gasteiger partial charge in [-0.3, -0.25) is 9.59 Å². The smallest absolute Gasteiger partial charge is 0.167 e. The summed E-state index contributed by atoms with van der Waals surface area (Å²) < 4.78 is 5.46. The van der Waals surface area contributed by atoms with Gasteiger partial charge < -0.3 is 9.84 Å². The highest BCUT2D eigenvalue weighted by molar-refractivity contribution is 8.03. The van der Waals surface area contributed by atoms with Crippen LogP contribution < -0.4 is 0 Å². The molecule has 5 heteroatoms. The SMILES string of the molecule is O=C1CC(=O)C(COCCO)C(Sc2ccccc2)=C1Cc1ccccc1. The molecule has 0 amide bonds. The largest absolute Gasteiger partial charge is 0.394 e. The number of aliphatic hydroxyl groups is 1. The number of allylic oxidation sites excluding steroid dienone is 1. The molecule has 1 unspecified atom stereocenters. The maximum Gasteiger partial charge on any atom is 0.167 e. The third-order valence-electron chi connectivity index (χ3n) is 4.39. The fraction of sp³-hybridized carbons (Fsp3) is 0.273. The van der Waals surface area contributed by atoms with Crippen molar-refractivity contribution in [1.29, 1.82) is 0 Å². The average molecular weight is 382 g/mol. The zero-order valence-corrected chi connectivity index (χ0v) is 15.8. The molecule has 140 valence electrons. The van der Waals surface area contributed by atoms with Gasteiger partial charge >= 0.3 is 0 Å². The van der Waals surface area contributed by atoms with Crippen molar-refractivity contribution in [3.05, 3.63) is 76.7 Å². The highest BCUT2D eigenvalue weighted by atomic mass is 32.2. The summed E-state index contributed by atoms with van der Waals surface area (Å²) in [7, 11) is 0. The van der Waals surface area contributed by atoms with Gasteiger partial charge in [0.2, 0.25) is 0 Å². The number of hydrogen-bond acceptors (Lipinski definition) is 5. The molecule has 0 bridgehead atoms. The van der Waals surface area contributed by atoms with Crippen LogP contribution in [0, 0.1) is 5.92 Å². The topological polar surface area (TPSA) is 63.6 Å². The second kappa shape index (κ2) is 9.65. The van der Waals surface area contributed by atoms with Crippen LogP contribution in [0.1, 0.15) is 12.0 Å². The first-order valence-electron chi connectivity index (χ1n) is 8.93. The lowest BCUT2D eigenvalue weighted by Gasteiger charge is -2.26. The van der Waals surface area contributed by atoms with Gasteiger partial charge in [-0.1, -0.05) is 60.3 Å². The molecule has 3 rings (SSSR count). The van der Waals surface area contributed by atoms with Gasteiger partial charge in [0.25, 0.3) is 0 Å². The van der Waals surface area contributed by atoms with E-state index < -0.39 is 5.92 Å². The standard InChI is InChI=1S/C22H22O4S/c23-11-12-26-15-19-21(25)14-20(24)18(13-16-7-3-1-4-8-16)22(19)27-17-9-5-2-6-10-17/h1-10,19,23H,11-15H2. The Kier molecular flexibility index (Phi) is 6.98. The van der Waals surface area contributed by atoms with Gasteiger partial charge in [-0.25, -0.2) is 0 Å². The molecule has 0 heterocycles. The maximum absolute atomic E-state index is 12.7. The molecule has 0 saturated heterocycles. The number of Topliss-reactive ketones (excluding diaryl/α,β-unsaturated/α-hetero) is 2. The molecule has 1 aliphatic rings. The summed E-state index contributed by atoms with van der Waals surface area (Å²) in [6.45, 7) is 0.261. The van der Waals surface area contributed by atoms with E-state index in [0.29, 0.717) is 12.0 Å². The van der Waals surface area contributed by atoms with Crippen molar-refractivity contribution in [2.24, 2.45) is 5.92 Å². The van der Waals surface area contributed by atoms with Crippen LogP contribution in [0.4, 0.5) is 0 Å². The number of ether oxygens (including phenoxy) is 1. The summed E-state index contributed by atoms with van der Waals surface area (Å²) in [5.74, 6) is -0.702. The number of hydrogen-bond donors (Lipinski definition) is 1. The lowest BCUT2D eigenvalue weighted by atomic mass is 9.85. The van der Waals surface area contributed by atoms with Crippen LogP contribution >= 0.6 is 11.8 Å². The van der Waals surface area contributed by atoms with E-state index in [1.54, 1.807) is 0 Å². The van der Waals surface area contributed by atoms with E-state index in [9.17, 15) is 9.59 Å². The molecule has 0 saturated carbocycles. The molecule has 27 heavy (non-hydrogen) atoms. The van der Waals surface area contributed by atoms with Crippen LogP contribution in [-0.4, -0.2) is 36.5 Å². The molecule has 2 aromatic carbocycles. The summed E-state index contributed by atoms with van der Waals surface area (Å²) in [6.07, 6.45) is 0.410. The molecule has 2 aromatic rings. The highest BCUT2D eigenvalue weighted by Gasteiger charge is 2.35. The number of rotatable bonds is 8. The molecule has 1 aliphatic carbocycles. The third-order valence-corrected chi connectivity index (χ3v) is 5.65. The zero-order chi connectivity index (χ0) is 19.1. The molecule has 0 fully saturated rings. The van der Waals surface area contributed by atoms with E-state index >= 15 is 0 Å². The van der Waals surface area contributed by atoms with Crippen LogP contribution in [0.3, 0.4) is 0 Å². The second-order valence-electron chi connectivity index (χ2n) is 6.34. The van der Waals surface area contributed by atoms with Crippen LogP contribution in [0.2, 0.25) is 0 Å². The molecule has 1 N–H and O–H groups in total. The average Bonchev–Trinajstić information content (AvgIpc) is 2.69. The molecule has 1 atom stereocenters. The van der Waals surface area contributed by atoms with E-state index in [-0.39, 0.29) is 37.8 Å². The minimum Gasteiger partial charge on any atom is -0.394 e. The van der Waals surface area contributed by atoms with Crippen molar-refractivity contribution in [2.45, 2.75) is 17.7 Å². The molecule has 0 aromatic heterocycles. The number of thioether (sulfide) groups is 1. The monoisotopic (exact) mass is 382 g/mol. The normalized spacial score (nSPS) is 17.4. The molecule has 0 spiro atoms. The van der Waals surface area contributed by atoms with Gasteiger partial charge in [-0.2, -0.15) is 0 Å². The minimum absolute atomic E-state index is 0.0891. The Labute approximate surface area is 163 Å². The van der Waals surface area contributed by atoms with Crippen LogP contribution in [0.25, 0.3) is 0 Å². The van der Waals surface area contributed by atoms with Crippen LogP contribution in [0.15, 0.2) is 76.0 Å². The number of benzene rings is 2. The van der Waals surface area contributed by atoms with Crippen molar-refractivity contribution >= 4 is 23.3 Å². The number of ketones is 2. The first-order valence-corrected chi connectivity index (χ1v) is 9.75. The Morgan fingerprint density at radius 2 is 1.67 bits per heavy atom. The fourth-order valence-electron chi connectivity index (χ4n) is 3.05. The van der Waals surface area contributed by atoms with Crippen molar-refractivity contribution in [2.75, 3.05) is 19.8 Å². The Morgan fingerprint density at radius 1 is 1.00 bits per heavy atom. The fourth-order valence-corrected chi connectivity index (χ4v) is 4.25. The predicted molar refractivity (Wildman–Crippen MR) is 105 cm³/mol. The predicted octanol–water partition coefficient (Wildman–Crippen LogP) is 3.44. The molecule has 4 nitrogen and oxygen atoms in total. The Bertz CT molecular complexity index is 815. The van der Waals surface area contributed by atoms with Crippen LogP contribution in [0.5, 0.6) is 0 Å². The quantitative estimate of drug-likeness (QED) is 0.560. The zero-order valence-electron chi connectivity index (χ0n) is 15.0. The molecular weight excluding hydrogens is 360 g/mol. The second-order valence-corrected chi connectivity index (χ2v) is 7.45. The number of carbonyl (C=O) groups is 2. The summed E-state index contributed by atoms with van der Waals surface area (Å²) in [4.78, 5) is 27.0. The lowest BCUT2D eigenvalue weighted by molar-refractivity contribution is -0.129.